The van der Waals surface area contributed by atoms with E-state index in [1.165, 1.54) is 37.5 Å². The zero-order chi connectivity index (χ0) is 23.0. The van der Waals surface area contributed by atoms with Crippen LogP contribution in [0, 0.1) is 6.92 Å². The van der Waals surface area contributed by atoms with Crippen molar-refractivity contribution in [1.82, 2.24) is 0 Å². The SMILES string of the molecule is COC(=O)c1ccc(C=C(O)[C@@]2(O)C(c3ccc(C)cc3)[C@@](O)([C@H](O)CO)[C@@H]2O)cc1. The number of aliphatic hydroxyl groups is 6. The molecule has 1 aliphatic rings. The number of aliphatic hydroxyl groups excluding tert-OH is 4. The average molecular weight is 430 g/mol. The minimum Gasteiger partial charge on any atom is -0.509 e. The molecule has 2 aromatic rings. The lowest BCUT2D eigenvalue weighted by Gasteiger charge is -2.62. The number of ether oxygens (including phenoxy) is 1. The molecule has 6 N–H and O–H groups in total. The van der Waals surface area contributed by atoms with E-state index in [0.29, 0.717) is 16.7 Å². The van der Waals surface area contributed by atoms with E-state index in [1.54, 1.807) is 24.3 Å². The molecule has 0 saturated heterocycles. The van der Waals surface area contributed by atoms with Gasteiger partial charge in [-0.15, -0.1) is 0 Å². The van der Waals surface area contributed by atoms with Gasteiger partial charge in [0.1, 0.15) is 23.6 Å². The molecule has 8 nitrogen and oxygen atoms in total. The minimum absolute atomic E-state index is 0.291. The molecule has 0 aromatic heterocycles. The molecule has 0 radical (unpaired) electrons. The number of hydrogen-bond acceptors (Lipinski definition) is 8. The molecule has 31 heavy (non-hydrogen) atoms. The highest BCUT2D eigenvalue weighted by Crippen LogP contribution is 2.58. The van der Waals surface area contributed by atoms with Gasteiger partial charge in [-0.25, -0.2) is 4.79 Å². The first-order chi connectivity index (χ1) is 14.6. The summed E-state index contributed by atoms with van der Waals surface area (Å²) in [4.78, 5) is 11.6. The molecule has 0 aliphatic heterocycles. The highest BCUT2D eigenvalue weighted by atomic mass is 16.5. The Morgan fingerprint density at radius 3 is 2.23 bits per heavy atom. The number of carbonyl (C=O) groups is 1. The van der Waals surface area contributed by atoms with Crippen LogP contribution in [-0.2, 0) is 4.74 Å². The fraction of sp³-hybridized carbons (Fsp3) is 0.348. The zero-order valence-electron chi connectivity index (χ0n) is 17.1. The van der Waals surface area contributed by atoms with Crippen LogP contribution in [0.25, 0.3) is 6.08 Å². The van der Waals surface area contributed by atoms with Crippen LogP contribution in [-0.4, -0.2) is 73.7 Å². The van der Waals surface area contributed by atoms with Crippen LogP contribution >= 0.6 is 0 Å². The smallest absolute Gasteiger partial charge is 0.337 e. The lowest BCUT2D eigenvalue weighted by molar-refractivity contribution is -0.313. The van der Waals surface area contributed by atoms with Gasteiger partial charge in [0.15, 0.2) is 5.60 Å². The Bertz CT molecular complexity index is 968. The molecule has 0 spiro atoms. The number of aryl methyl sites for hydroxylation is 1. The Morgan fingerprint density at radius 1 is 1.13 bits per heavy atom. The van der Waals surface area contributed by atoms with E-state index in [2.05, 4.69) is 4.74 Å². The van der Waals surface area contributed by atoms with E-state index in [-0.39, 0.29) is 0 Å². The van der Waals surface area contributed by atoms with Crippen LogP contribution in [0.3, 0.4) is 0 Å². The number of benzene rings is 2. The van der Waals surface area contributed by atoms with E-state index >= 15 is 0 Å². The molecule has 3 rings (SSSR count). The van der Waals surface area contributed by atoms with E-state index in [4.69, 9.17) is 0 Å². The number of carbonyl (C=O) groups excluding carboxylic acids is 1. The summed E-state index contributed by atoms with van der Waals surface area (Å²) in [5.41, 5.74) is -2.67. The third-order valence-corrected chi connectivity index (χ3v) is 5.92. The number of hydrogen-bond donors (Lipinski definition) is 6. The van der Waals surface area contributed by atoms with Crippen molar-refractivity contribution in [3.05, 3.63) is 76.5 Å². The fourth-order valence-electron chi connectivity index (χ4n) is 4.12. The normalized spacial score (nSPS) is 29.2. The topological polar surface area (TPSA) is 148 Å². The average Bonchev–Trinajstić information content (AvgIpc) is 2.79. The van der Waals surface area contributed by atoms with Crippen molar-refractivity contribution < 1.29 is 40.2 Å². The quantitative estimate of drug-likeness (QED) is 0.289. The third-order valence-electron chi connectivity index (χ3n) is 5.92. The highest BCUT2D eigenvalue weighted by Gasteiger charge is 2.75. The lowest BCUT2D eigenvalue weighted by Crippen LogP contribution is -2.80. The maximum atomic E-state index is 11.6. The van der Waals surface area contributed by atoms with Crippen LogP contribution in [0.4, 0.5) is 0 Å². The molecule has 0 bridgehead atoms. The summed E-state index contributed by atoms with van der Waals surface area (Å²) in [6.45, 7) is 0.987. The largest absolute Gasteiger partial charge is 0.509 e. The molecule has 1 saturated carbocycles. The Labute approximate surface area is 179 Å². The first kappa shape index (κ1) is 22.9. The molecular weight excluding hydrogens is 404 g/mol. The van der Waals surface area contributed by atoms with Crippen molar-refractivity contribution in [3.63, 3.8) is 0 Å². The van der Waals surface area contributed by atoms with Gasteiger partial charge in [0.05, 0.1) is 25.2 Å². The van der Waals surface area contributed by atoms with Gasteiger partial charge in [-0.2, -0.15) is 0 Å². The predicted molar refractivity (Wildman–Crippen MR) is 111 cm³/mol. The molecule has 0 amide bonds. The second kappa shape index (κ2) is 8.41. The summed E-state index contributed by atoms with van der Waals surface area (Å²) in [7, 11) is 1.25. The second-order valence-corrected chi connectivity index (χ2v) is 7.80. The van der Waals surface area contributed by atoms with Gasteiger partial charge < -0.3 is 35.4 Å². The highest BCUT2D eigenvalue weighted by molar-refractivity contribution is 5.89. The lowest BCUT2D eigenvalue weighted by atomic mass is 9.50. The van der Waals surface area contributed by atoms with Crippen molar-refractivity contribution in [1.29, 1.82) is 0 Å². The molecule has 8 heteroatoms. The van der Waals surface area contributed by atoms with Crippen LogP contribution < -0.4 is 0 Å². The second-order valence-electron chi connectivity index (χ2n) is 7.80. The minimum atomic E-state index is -2.33. The molecule has 1 unspecified atom stereocenters. The summed E-state index contributed by atoms with van der Waals surface area (Å²) in [5, 5.41) is 63.2. The van der Waals surface area contributed by atoms with E-state index < -0.39 is 47.7 Å². The summed E-state index contributed by atoms with van der Waals surface area (Å²) < 4.78 is 4.63. The molecule has 2 aromatic carbocycles. The van der Waals surface area contributed by atoms with Crippen molar-refractivity contribution in [2.45, 2.75) is 36.3 Å². The van der Waals surface area contributed by atoms with Crippen molar-refractivity contribution >= 4 is 12.0 Å². The first-order valence-corrected chi connectivity index (χ1v) is 9.68. The van der Waals surface area contributed by atoms with Crippen LogP contribution in [0.2, 0.25) is 0 Å². The van der Waals surface area contributed by atoms with Gasteiger partial charge in [-0.05, 0) is 36.3 Å². The van der Waals surface area contributed by atoms with Gasteiger partial charge in [0.25, 0.3) is 0 Å². The standard InChI is InChI=1S/C23H26O8/c1-13-3-7-15(8-4-13)19-22(29,21(28)23(19,30)18(26)12-24)17(25)11-14-5-9-16(10-6-14)20(27)31-2/h3-11,18-19,21,24-26,28-30H,12H2,1-2H3/t18-,19?,21-,22-,23+/m1/s1. The monoisotopic (exact) mass is 430 g/mol. The number of methoxy groups -OCH3 is 1. The number of esters is 1. The van der Waals surface area contributed by atoms with Crippen molar-refractivity contribution in [3.8, 4) is 0 Å². The summed E-state index contributed by atoms with van der Waals surface area (Å²) in [6.07, 6.45) is -2.56. The maximum absolute atomic E-state index is 11.6. The third kappa shape index (κ3) is 3.62. The molecular formula is C23H26O8. The van der Waals surface area contributed by atoms with E-state index in [1.807, 2.05) is 6.92 Å². The van der Waals surface area contributed by atoms with Crippen LogP contribution in [0.1, 0.15) is 33.0 Å². The first-order valence-electron chi connectivity index (χ1n) is 9.68. The van der Waals surface area contributed by atoms with Gasteiger partial charge in [0.2, 0.25) is 0 Å². The van der Waals surface area contributed by atoms with Gasteiger partial charge in [-0.1, -0.05) is 42.0 Å². The zero-order valence-corrected chi connectivity index (χ0v) is 17.1. The summed E-state index contributed by atoms with van der Waals surface area (Å²) in [6, 6.07) is 12.6. The summed E-state index contributed by atoms with van der Waals surface area (Å²) in [5.74, 6) is -2.51. The molecule has 1 fully saturated rings. The van der Waals surface area contributed by atoms with Crippen molar-refractivity contribution in [2.24, 2.45) is 0 Å². The molecule has 5 atom stereocenters. The van der Waals surface area contributed by atoms with Crippen molar-refractivity contribution in [2.75, 3.05) is 13.7 Å². The van der Waals surface area contributed by atoms with Gasteiger partial charge in [-0.3, -0.25) is 0 Å². The van der Waals surface area contributed by atoms with E-state index in [0.717, 1.165) is 5.56 Å². The van der Waals surface area contributed by atoms with E-state index in [9.17, 15) is 35.4 Å². The predicted octanol–water partition coefficient (Wildman–Crippen LogP) is 0.654. The molecule has 0 heterocycles. The summed E-state index contributed by atoms with van der Waals surface area (Å²) >= 11 is 0. The number of rotatable bonds is 6. The Kier molecular flexibility index (Phi) is 6.22. The fourth-order valence-corrected chi connectivity index (χ4v) is 4.12. The van der Waals surface area contributed by atoms with Gasteiger partial charge >= 0.3 is 5.97 Å². The Morgan fingerprint density at radius 2 is 1.71 bits per heavy atom. The Balaban J connectivity index is 2.03. The van der Waals surface area contributed by atoms with Gasteiger partial charge in [0, 0.05) is 0 Å². The van der Waals surface area contributed by atoms with Crippen LogP contribution in [0.5, 0.6) is 0 Å². The maximum Gasteiger partial charge on any atom is 0.337 e. The molecule has 166 valence electrons. The van der Waals surface area contributed by atoms with Crippen LogP contribution in [0.15, 0.2) is 54.3 Å². The molecule has 1 aliphatic carbocycles. The Hall–Kier alpha value is -2.75.